The zero-order valence-electron chi connectivity index (χ0n) is 22.4. The first-order valence-electron chi connectivity index (χ1n) is 13.0. The minimum atomic E-state index is -5.11. The Hall–Kier alpha value is -1.18. The summed E-state index contributed by atoms with van der Waals surface area (Å²) in [6.45, 7) is 3.13. The molecule has 0 aromatic heterocycles. The Morgan fingerprint density at radius 1 is 1.08 bits per heavy atom. The summed E-state index contributed by atoms with van der Waals surface area (Å²) in [6, 6.07) is -3.85. The summed E-state index contributed by atoms with van der Waals surface area (Å²) < 4.78 is 62.2. The molecule has 3 fully saturated rings. The molecule has 16 heteroatoms. The number of likely N-dealkylation sites (N-methyl/N-ethyl adjacent to an activating group) is 2. The molecule has 228 valence electrons. The number of nitrogens with one attached hydrogen (secondary N) is 3. The van der Waals surface area contributed by atoms with Crippen LogP contribution in [-0.4, -0.2) is 127 Å². The van der Waals surface area contributed by atoms with E-state index in [9.17, 15) is 33.3 Å². The fraction of sp³-hybridized carbons (Fsp3) is 0.957. The number of alkyl halides is 3. The van der Waals surface area contributed by atoms with Gasteiger partial charge in [-0.2, -0.15) is 13.2 Å². The number of nitrogens with two attached hydrogens (primary N) is 2. The van der Waals surface area contributed by atoms with E-state index in [0.717, 1.165) is 0 Å². The normalized spacial score (nSPS) is 44.6. The fourth-order valence-electron chi connectivity index (χ4n) is 5.40. The first-order valence-corrected chi connectivity index (χ1v) is 13.0. The number of hydrogen-bond acceptors (Lipinski definition) is 12. The van der Waals surface area contributed by atoms with Crippen LogP contribution in [0.25, 0.3) is 0 Å². The first-order chi connectivity index (χ1) is 18.1. The SMILES string of the molecule is CNC(C)C1CCC(NC(=O)C(F)(F)F)C(OC2C(N)CC(N)C(OC3OCC(C)(O)C(NC)C3O)C2O)O1. The quantitative estimate of drug-likeness (QED) is 0.151. The molecule has 1 aliphatic carbocycles. The smallest absolute Gasteiger partial charge is 0.388 e. The van der Waals surface area contributed by atoms with Gasteiger partial charge in [0, 0.05) is 18.1 Å². The molecule has 0 bridgehead atoms. The molecule has 39 heavy (non-hydrogen) atoms. The van der Waals surface area contributed by atoms with Gasteiger partial charge in [0.25, 0.3) is 0 Å². The van der Waals surface area contributed by atoms with Crippen LogP contribution in [0.2, 0.25) is 0 Å². The second kappa shape index (κ2) is 12.8. The van der Waals surface area contributed by atoms with Crippen molar-refractivity contribution in [3.63, 3.8) is 0 Å². The van der Waals surface area contributed by atoms with Crippen molar-refractivity contribution < 1.29 is 52.2 Å². The van der Waals surface area contributed by atoms with Crippen molar-refractivity contribution in [3.8, 4) is 0 Å². The molecular formula is C23H42F3N5O8. The minimum Gasteiger partial charge on any atom is -0.388 e. The number of amides is 1. The average Bonchev–Trinajstić information content (AvgIpc) is 2.85. The average molecular weight is 574 g/mol. The van der Waals surface area contributed by atoms with Crippen molar-refractivity contribution in [3.05, 3.63) is 0 Å². The third-order valence-corrected chi connectivity index (χ3v) is 7.77. The minimum absolute atomic E-state index is 0.0883. The zero-order valence-corrected chi connectivity index (χ0v) is 22.4. The molecule has 13 atom stereocenters. The Bertz CT molecular complexity index is 827. The van der Waals surface area contributed by atoms with Crippen LogP contribution in [0.3, 0.4) is 0 Å². The number of aliphatic hydroxyl groups excluding tert-OH is 2. The van der Waals surface area contributed by atoms with Crippen LogP contribution in [0, 0.1) is 0 Å². The van der Waals surface area contributed by atoms with Crippen molar-refractivity contribution in [1.82, 2.24) is 16.0 Å². The molecule has 0 spiro atoms. The maximum absolute atomic E-state index is 13.0. The standard InChI is InChI=1S/C23H42F3N5O8/c1-9(29-3)13-6-5-12(31-21(34)23(24,25)26)19(37-13)38-16-10(27)7-11(28)17(14(16)32)39-20-15(33)18(30-4)22(2,35)8-36-20/h9-20,29-30,32-33,35H,5-8,27-28H2,1-4H3,(H,31,34). The van der Waals surface area contributed by atoms with Gasteiger partial charge in [-0.1, -0.05) is 0 Å². The van der Waals surface area contributed by atoms with E-state index in [4.69, 9.17) is 30.4 Å². The van der Waals surface area contributed by atoms with Gasteiger partial charge < -0.3 is 61.7 Å². The summed E-state index contributed by atoms with van der Waals surface area (Å²) in [7, 11) is 3.25. The molecule has 10 N–H and O–H groups in total. The van der Waals surface area contributed by atoms with Gasteiger partial charge in [0.15, 0.2) is 12.6 Å². The summed E-state index contributed by atoms with van der Waals surface area (Å²) in [5, 5.41) is 40.2. The molecule has 2 saturated heterocycles. The van der Waals surface area contributed by atoms with Gasteiger partial charge in [-0.05, 0) is 47.2 Å². The maximum Gasteiger partial charge on any atom is 0.471 e. The maximum atomic E-state index is 13.0. The van der Waals surface area contributed by atoms with E-state index in [-0.39, 0.29) is 25.5 Å². The lowest BCUT2D eigenvalue weighted by atomic mass is 9.84. The largest absolute Gasteiger partial charge is 0.471 e. The number of hydrogen-bond donors (Lipinski definition) is 8. The highest BCUT2D eigenvalue weighted by Gasteiger charge is 2.51. The van der Waals surface area contributed by atoms with Crippen LogP contribution in [0.15, 0.2) is 0 Å². The predicted octanol–water partition coefficient (Wildman–Crippen LogP) is -2.61. The highest BCUT2D eigenvalue weighted by molar-refractivity contribution is 5.82. The van der Waals surface area contributed by atoms with Crippen LogP contribution in [0.4, 0.5) is 13.2 Å². The van der Waals surface area contributed by atoms with E-state index in [1.54, 1.807) is 14.1 Å². The predicted molar refractivity (Wildman–Crippen MR) is 130 cm³/mol. The summed E-state index contributed by atoms with van der Waals surface area (Å²) in [5.74, 6) is -2.14. The summed E-state index contributed by atoms with van der Waals surface area (Å²) in [5.41, 5.74) is 11.1. The molecule has 1 saturated carbocycles. The van der Waals surface area contributed by atoms with E-state index in [1.807, 2.05) is 12.2 Å². The topological polar surface area (TPSA) is 203 Å². The van der Waals surface area contributed by atoms with Gasteiger partial charge in [0.2, 0.25) is 0 Å². The second-order valence-corrected chi connectivity index (χ2v) is 10.8. The molecule has 3 rings (SSSR count). The van der Waals surface area contributed by atoms with Crippen LogP contribution in [0.1, 0.15) is 33.1 Å². The molecule has 13 nitrogen and oxygen atoms in total. The number of halogens is 3. The van der Waals surface area contributed by atoms with Crippen molar-refractivity contribution in [2.24, 2.45) is 11.5 Å². The van der Waals surface area contributed by atoms with E-state index < -0.39 is 85.0 Å². The van der Waals surface area contributed by atoms with Gasteiger partial charge in [-0.25, -0.2) is 0 Å². The summed E-state index contributed by atoms with van der Waals surface area (Å²) in [4.78, 5) is 11.7. The van der Waals surface area contributed by atoms with Crippen LogP contribution in [0.5, 0.6) is 0 Å². The number of rotatable bonds is 8. The highest BCUT2D eigenvalue weighted by Crippen LogP contribution is 2.32. The lowest BCUT2D eigenvalue weighted by Gasteiger charge is -2.48. The molecule has 1 amide bonds. The van der Waals surface area contributed by atoms with Gasteiger partial charge in [0.1, 0.15) is 30.0 Å². The molecule has 2 aliphatic heterocycles. The number of aliphatic hydroxyl groups is 3. The third-order valence-electron chi connectivity index (χ3n) is 7.77. The lowest BCUT2D eigenvalue weighted by molar-refractivity contribution is -0.308. The molecule has 3 aliphatic rings. The third kappa shape index (κ3) is 7.37. The van der Waals surface area contributed by atoms with Crippen LogP contribution < -0.4 is 27.4 Å². The van der Waals surface area contributed by atoms with Gasteiger partial charge in [-0.3, -0.25) is 4.79 Å². The fourth-order valence-corrected chi connectivity index (χ4v) is 5.40. The molecule has 13 unspecified atom stereocenters. The molecule has 2 heterocycles. The molecular weight excluding hydrogens is 531 g/mol. The van der Waals surface area contributed by atoms with Crippen LogP contribution >= 0.6 is 0 Å². The van der Waals surface area contributed by atoms with Gasteiger partial charge in [0.05, 0.1) is 24.8 Å². The Balaban J connectivity index is 1.77. The van der Waals surface area contributed by atoms with Gasteiger partial charge >= 0.3 is 12.1 Å². The number of carbonyl (C=O) groups excluding carboxylic acids is 1. The van der Waals surface area contributed by atoms with E-state index in [0.29, 0.717) is 6.42 Å². The van der Waals surface area contributed by atoms with Crippen molar-refractivity contribution >= 4 is 5.91 Å². The number of carbonyl (C=O) groups is 1. The summed E-state index contributed by atoms with van der Waals surface area (Å²) >= 11 is 0. The second-order valence-electron chi connectivity index (χ2n) is 10.8. The lowest BCUT2D eigenvalue weighted by Crippen LogP contribution is -2.69. The first kappa shape index (κ1) is 32.3. The van der Waals surface area contributed by atoms with E-state index in [2.05, 4.69) is 10.6 Å². The Labute approximate surface area is 225 Å². The zero-order chi connectivity index (χ0) is 29.3. The Morgan fingerprint density at radius 2 is 1.67 bits per heavy atom. The van der Waals surface area contributed by atoms with E-state index >= 15 is 0 Å². The van der Waals surface area contributed by atoms with Crippen molar-refractivity contribution in [2.75, 3.05) is 20.7 Å². The molecule has 0 radical (unpaired) electrons. The van der Waals surface area contributed by atoms with Crippen LogP contribution in [-0.2, 0) is 23.7 Å². The van der Waals surface area contributed by atoms with Gasteiger partial charge in [-0.15, -0.1) is 0 Å². The van der Waals surface area contributed by atoms with Crippen molar-refractivity contribution in [1.29, 1.82) is 0 Å². The summed E-state index contributed by atoms with van der Waals surface area (Å²) in [6.07, 6.45) is -12.9. The highest BCUT2D eigenvalue weighted by atomic mass is 19.4. The number of ether oxygens (including phenoxy) is 4. The van der Waals surface area contributed by atoms with E-state index in [1.165, 1.54) is 6.92 Å². The molecule has 0 aromatic rings. The Kier molecular flexibility index (Phi) is 10.6. The Morgan fingerprint density at radius 3 is 2.21 bits per heavy atom. The molecule has 0 aromatic carbocycles. The monoisotopic (exact) mass is 573 g/mol. The van der Waals surface area contributed by atoms with Crippen molar-refractivity contribution in [2.45, 2.75) is 118 Å².